The number of hydrogen-bond donors (Lipinski definition) is 0. The first kappa shape index (κ1) is 7.92. The quantitative estimate of drug-likeness (QED) is 0.588. The highest BCUT2D eigenvalue weighted by molar-refractivity contribution is 5.86. The SMILES string of the molecule is C1=CC2=C(CC1)C1CCc3cccc2c31. The van der Waals surface area contributed by atoms with Crippen LogP contribution in [0.25, 0.3) is 5.57 Å². The summed E-state index contributed by atoms with van der Waals surface area (Å²) in [5.41, 5.74) is 8.12. The third-order valence-corrected chi connectivity index (χ3v) is 4.17. The van der Waals surface area contributed by atoms with Gasteiger partial charge in [0.2, 0.25) is 0 Å². The molecule has 3 aliphatic carbocycles. The summed E-state index contributed by atoms with van der Waals surface area (Å²) in [5.74, 6) is 0.788. The minimum Gasteiger partial charge on any atom is -0.0836 e. The van der Waals surface area contributed by atoms with Crippen LogP contribution in [0.4, 0.5) is 0 Å². The largest absolute Gasteiger partial charge is 0.0836 e. The van der Waals surface area contributed by atoms with Crippen LogP contribution in [0.1, 0.15) is 41.9 Å². The minimum absolute atomic E-state index is 0.788. The van der Waals surface area contributed by atoms with Gasteiger partial charge in [-0.05, 0) is 47.9 Å². The van der Waals surface area contributed by atoms with E-state index in [-0.39, 0.29) is 0 Å². The van der Waals surface area contributed by atoms with E-state index >= 15 is 0 Å². The maximum absolute atomic E-state index is 2.35. The highest BCUT2D eigenvalue weighted by Gasteiger charge is 2.35. The van der Waals surface area contributed by atoms with E-state index in [1.165, 1.54) is 25.7 Å². The van der Waals surface area contributed by atoms with E-state index in [4.69, 9.17) is 0 Å². The normalized spacial score (nSPS) is 25.7. The van der Waals surface area contributed by atoms with Crippen LogP contribution in [0.5, 0.6) is 0 Å². The van der Waals surface area contributed by atoms with Gasteiger partial charge < -0.3 is 0 Å². The van der Waals surface area contributed by atoms with Gasteiger partial charge >= 0.3 is 0 Å². The number of fused-ring (bicyclic) bond motifs is 2. The summed E-state index contributed by atoms with van der Waals surface area (Å²) in [6.07, 6.45) is 9.89. The molecule has 0 nitrogen and oxygen atoms in total. The van der Waals surface area contributed by atoms with Crippen LogP contribution in [-0.4, -0.2) is 0 Å². The van der Waals surface area contributed by atoms with E-state index in [1.807, 2.05) is 0 Å². The first-order chi connectivity index (χ1) is 7.45. The van der Waals surface area contributed by atoms with Crippen LogP contribution in [0.3, 0.4) is 0 Å². The third-order valence-electron chi connectivity index (χ3n) is 4.17. The summed E-state index contributed by atoms with van der Waals surface area (Å²) in [6, 6.07) is 6.87. The smallest absolute Gasteiger partial charge is 0.00695 e. The summed E-state index contributed by atoms with van der Waals surface area (Å²) < 4.78 is 0. The van der Waals surface area contributed by atoms with Crippen molar-refractivity contribution in [3.63, 3.8) is 0 Å². The number of allylic oxidation sites excluding steroid dienone is 4. The molecule has 0 heterocycles. The van der Waals surface area contributed by atoms with Crippen molar-refractivity contribution < 1.29 is 0 Å². The Hall–Kier alpha value is -1.30. The molecule has 1 aromatic rings. The van der Waals surface area contributed by atoms with Crippen molar-refractivity contribution in [3.8, 4) is 0 Å². The lowest BCUT2D eigenvalue weighted by molar-refractivity contribution is 0.739. The topological polar surface area (TPSA) is 0 Å². The summed E-state index contributed by atoms with van der Waals surface area (Å²) >= 11 is 0. The van der Waals surface area contributed by atoms with E-state index < -0.39 is 0 Å². The van der Waals surface area contributed by atoms with Gasteiger partial charge in [-0.2, -0.15) is 0 Å². The van der Waals surface area contributed by atoms with E-state index in [2.05, 4.69) is 30.4 Å². The molecule has 0 spiro atoms. The summed E-state index contributed by atoms with van der Waals surface area (Å²) in [7, 11) is 0. The Morgan fingerprint density at radius 2 is 2.13 bits per heavy atom. The summed E-state index contributed by atoms with van der Waals surface area (Å²) in [6.45, 7) is 0. The molecule has 0 saturated heterocycles. The average Bonchev–Trinajstić information content (AvgIpc) is 2.85. The van der Waals surface area contributed by atoms with Crippen LogP contribution in [0.2, 0.25) is 0 Å². The molecule has 4 rings (SSSR count). The van der Waals surface area contributed by atoms with Crippen LogP contribution >= 0.6 is 0 Å². The first-order valence-electron chi connectivity index (χ1n) is 5.97. The Kier molecular flexibility index (Phi) is 1.39. The maximum atomic E-state index is 2.35. The van der Waals surface area contributed by atoms with E-state index in [1.54, 1.807) is 27.8 Å². The molecule has 3 aliphatic rings. The van der Waals surface area contributed by atoms with Crippen molar-refractivity contribution in [3.05, 3.63) is 52.6 Å². The molecule has 0 radical (unpaired) electrons. The fraction of sp³-hybridized carbons (Fsp3) is 0.333. The van der Waals surface area contributed by atoms with E-state index in [0.29, 0.717) is 0 Å². The average molecular weight is 194 g/mol. The molecule has 0 saturated carbocycles. The molecule has 0 amide bonds. The molecule has 74 valence electrons. The molecular formula is C15H14. The van der Waals surface area contributed by atoms with Gasteiger partial charge in [0.25, 0.3) is 0 Å². The second-order valence-electron chi connectivity index (χ2n) is 4.85. The highest BCUT2D eigenvalue weighted by atomic mass is 14.4. The third kappa shape index (κ3) is 0.878. The Bertz CT molecular complexity index is 503. The highest BCUT2D eigenvalue weighted by Crippen LogP contribution is 2.52. The molecule has 0 N–H and O–H groups in total. The van der Waals surface area contributed by atoms with Crippen LogP contribution < -0.4 is 0 Å². The molecule has 1 atom stereocenters. The van der Waals surface area contributed by atoms with Crippen molar-refractivity contribution in [1.29, 1.82) is 0 Å². The summed E-state index contributed by atoms with van der Waals surface area (Å²) in [4.78, 5) is 0. The van der Waals surface area contributed by atoms with Crippen molar-refractivity contribution in [1.82, 2.24) is 0 Å². The molecule has 0 heteroatoms. The van der Waals surface area contributed by atoms with Gasteiger partial charge in [-0.1, -0.05) is 35.9 Å². The zero-order valence-corrected chi connectivity index (χ0v) is 8.79. The van der Waals surface area contributed by atoms with Gasteiger partial charge in [0, 0.05) is 5.92 Å². The lowest BCUT2D eigenvalue weighted by Gasteiger charge is -2.13. The van der Waals surface area contributed by atoms with Crippen molar-refractivity contribution in [2.24, 2.45) is 0 Å². The second kappa shape index (κ2) is 2.63. The Balaban J connectivity index is 2.04. The van der Waals surface area contributed by atoms with Crippen molar-refractivity contribution in [2.75, 3.05) is 0 Å². The summed E-state index contributed by atoms with van der Waals surface area (Å²) in [5, 5.41) is 0. The van der Waals surface area contributed by atoms with Gasteiger partial charge in [-0.15, -0.1) is 0 Å². The van der Waals surface area contributed by atoms with Gasteiger partial charge in [-0.3, -0.25) is 0 Å². The maximum Gasteiger partial charge on any atom is 0.00695 e. The Labute approximate surface area is 90.3 Å². The fourth-order valence-electron chi connectivity index (χ4n) is 3.58. The molecule has 0 fully saturated rings. The molecule has 15 heavy (non-hydrogen) atoms. The van der Waals surface area contributed by atoms with E-state index in [9.17, 15) is 0 Å². The predicted molar refractivity (Wildman–Crippen MR) is 62.8 cm³/mol. The minimum atomic E-state index is 0.788. The second-order valence-corrected chi connectivity index (χ2v) is 4.85. The number of aryl methyl sites for hydroxylation is 1. The Morgan fingerprint density at radius 3 is 3.13 bits per heavy atom. The van der Waals surface area contributed by atoms with Gasteiger partial charge in [0.1, 0.15) is 0 Å². The van der Waals surface area contributed by atoms with Crippen LogP contribution in [-0.2, 0) is 6.42 Å². The first-order valence-corrected chi connectivity index (χ1v) is 5.97. The number of rotatable bonds is 0. The van der Waals surface area contributed by atoms with Crippen molar-refractivity contribution >= 4 is 5.57 Å². The monoisotopic (exact) mass is 194 g/mol. The Morgan fingerprint density at radius 1 is 1.13 bits per heavy atom. The van der Waals surface area contributed by atoms with Gasteiger partial charge in [0.05, 0.1) is 0 Å². The zero-order valence-electron chi connectivity index (χ0n) is 8.79. The van der Waals surface area contributed by atoms with Crippen LogP contribution in [0.15, 0.2) is 35.9 Å². The molecule has 0 bridgehead atoms. The molecule has 1 unspecified atom stereocenters. The van der Waals surface area contributed by atoms with E-state index in [0.717, 1.165) is 5.92 Å². The lowest BCUT2D eigenvalue weighted by Crippen LogP contribution is -1.95. The lowest BCUT2D eigenvalue weighted by atomic mass is 9.91. The van der Waals surface area contributed by atoms with Crippen molar-refractivity contribution in [2.45, 2.75) is 31.6 Å². The molecule has 0 aliphatic heterocycles. The van der Waals surface area contributed by atoms with Gasteiger partial charge in [-0.25, -0.2) is 0 Å². The van der Waals surface area contributed by atoms with Gasteiger partial charge in [0.15, 0.2) is 0 Å². The van der Waals surface area contributed by atoms with Crippen LogP contribution in [0, 0.1) is 0 Å². The molecule has 1 aromatic carbocycles. The predicted octanol–water partition coefficient (Wildman–Crippen LogP) is 3.83. The number of hydrogen-bond acceptors (Lipinski definition) is 0. The molecule has 0 aromatic heterocycles. The fourth-order valence-corrected chi connectivity index (χ4v) is 3.58. The zero-order chi connectivity index (χ0) is 9.83. The molecular weight excluding hydrogens is 180 g/mol. The number of benzene rings is 1. The standard InChI is InChI=1S/C15H14/c1-2-6-12-11(5-1)13-7-3-4-10-8-9-14(12)15(10)13/h1,3-5,7,14H,2,6,8-9H2.